The summed E-state index contributed by atoms with van der Waals surface area (Å²) in [6.45, 7) is 1.95. The third-order valence-corrected chi connectivity index (χ3v) is 2.97. The van der Waals surface area contributed by atoms with Crippen molar-refractivity contribution in [2.75, 3.05) is 0 Å². The molecule has 1 aromatic heterocycles. The Hall–Kier alpha value is -2.04. The van der Waals surface area contributed by atoms with Crippen LogP contribution in [0.4, 0.5) is 0 Å². The van der Waals surface area contributed by atoms with Gasteiger partial charge in [-0.05, 0) is 19.1 Å². The molecule has 2 heterocycles. The number of ether oxygens (including phenoxy) is 1. The van der Waals surface area contributed by atoms with Crippen LogP contribution in [0.15, 0.2) is 40.8 Å². The minimum atomic E-state index is -0.667. The molecule has 0 saturated carbocycles. The Morgan fingerprint density at radius 2 is 2.37 bits per heavy atom. The fraction of sp³-hybridized carbons (Fsp3) is 0.250. The van der Waals surface area contributed by atoms with Gasteiger partial charge in [-0.3, -0.25) is 15.0 Å². The van der Waals surface area contributed by atoms with Gasteiger partial charge in [-0.25, -0.2) is 4.99 Å². The smallest absolute Gasteiger partial charge is 0.222 e. The minimum absolute atomic E-state index is 0.235. The number of nitrogens with zero attached hydrogens (tertiary/aromatic N) is 4. The first kappa shape index (κ1) is 13.4. The molecule has 0 bridgehead atoms. The van der Waals surface area contributed by atoms with Gasteiger partial charge in [-0.2, -0.15) is 5.26 Å². The Bertz CT molecular complexity index is 563. The Kier molecular flexibility index (Phi) is 4.04. The second kappa shape index (κ2) is 5.73. The van der Waals surface area contributed by atoms with Crippen LogP contribution in [0.3, 0.4) is 0 Å². The van der Waals surface area contributed by atoms with Crippen molar-refractivity contribution < 1.29 is 4.74 Å². The molecule has 1 atom stereocenters. The summed E-state index contributed by atoms with van der Waals surface area (Å²) in [6.07, 6.45) is 1.01. The van der Waals surface area contributed by atoms with Gasteiger partial charge in [0.2, 0.25) is 5.88 Å². The van der Waals surface area contributed by atoms with Crippen LogP contribution in [0.2, 0.25) is 0 Å². The molecule has 0 saturated heterocycles. The number of nitriles is 1. The topological polar surface area (TPSA) is 87.5 Å². The number of aromatic nitrogens is 1. The highest BCUT2D eigenvalue weighted by molar-refractivity contribution is 7.77. The molecule has 0 radical (unpaired) electrons. The number of thiol groups is 1. The third kappa shape index (κ3) is 2.86. The van der Waals surface area contributed by atoms with E-state index in [4.69, 9.17) is 15.7 Å². The number of allylic oxidation sites excluding steroid dienone is 1. The van der Waals surface area contributed by atoms with E-state index in [1.54, 1.807) is 13.1 Å². The van der Waals surface area contributed by atoms with Crippen LogP contribution in [0.1, 0.15) is 12.6 Å². The predicted molar refractivity (Wildman–Crippen MR) is 73.6 cm³/mol. The normalized spacial score (nSPS) is 18.9. The monoisotopic (exact) mass is 275 g/mol. The van der Waals surface area contributed by atoms with E-state index in [-0.39, 0.29) is 6.61 Å². The van der Waals surface area contributed by atoms with Gasteiger partial charge in [0.1, 0.15) is 18.2 Å². The lowest BCUT2D eigenvalue weighted by Gasteiger charge is -2.29. The molecule has 0 fully saturated rings. The van der Waals surface area contributed by atoms with E-state index in [0.717, 1.165) is 5.69 Å². The van der Waals surface area contributed by atoms with Crippen molar-refractivity contribution >= 4 is 18.5 Å². The molecule has 1 unspecified atom stereocenters. The summed E-state index contributed by atoms with van der Waals surface area (Å²) in [6, 6.07) is 7.57. The standard InChI is InChI=1S/C12H13N5OS/c1-8-10(6-13)11(17(19)12(14)16-8)18-7-9-4-2-3-5-15-9/h2-5,12,19H,7,14H2,1H3. The third-order valence-electron chi connectivity index (χ3n) is 2.55. The van der Waals surface area contributed by atoms with E-state index in [1.165, 1.54) is 4.31 Å². The lowest BCUT2D eigenvalue weighted by Crippen LogP contribution is -2.39. The summed E-state index contributed by atoms with van der Waals surface area (Å²) < 4.78 is 6.94. The Labute approximate surface area is 116 Å². The van der Waals surface area contributed by atoms with E-state index in [1.807, 2.05) is 24.3 Å². The van der Waals surface area contributed by atoms with Crippen molar-refractivity contribution in [2.24, 2.45) is 10.7 Å². The Morgan fingerprint density at radius 1 is 1.58 bits per heavy atom. The predicted octanol–water partition coefficient (Wildman–Crippen LogP) is 1.20. The average Bonchev–Trinajstić information content (AvgIpc) is 2.42. The van der Waals surface area contributed by atoms with Crippen LogP contribution in [-0.4, -0.2) is 21.3 Å². The highest BCUT2D eigenvalue weighted by Crippen LogP contribution is 2.23. The molecule has 1 aromatic rings. The van der Waals surface area contributed by atoms with E-state index in [0.29, 0.717) is 17.2 Å². The molecule has 19 heavy (non-hydrogen) atoms. The molecular formula is C12H13N5OS. The van der Waals surface area contributed by atoms with Gasteiger partial charge in [-0.1, -0.05) is 18.9 Å². The number of aliphatic imine (C=N–C) groups is 1. The van der Waals surface area contributed by atoms with Crippen molar-refractivity contribution in [2.45, 2.75) is 19.8 Å². The lowest BCUT2D eigenvalue weighted by molar-refractivity contribution is 0.127. The molecule has 98 valence electrons. The molecule has 2 rings (SSSR count). The number of hydrogen-bond acceptors (Lipinski definition) is 7. The molecule has 0 aliphatic carbocycles. The SMILES string of the molecule is CC1=NC(N)N(S)C(OCc2ccccn2)=C1C#N. The summed E-state index contributed by atoms with van der Waals surface area (Å²) in [5, 5.41) is 9.15. The maximum absolute atomic E-state index is 9.15. The summed E-state index contributed by atoms with van der Waals surface area (Å²) in [4.78, 5) is 8.23. The maximum atomic E-state index is 9.15. The van der Waals surface area contributed by atoms with Crippen LogP contribution < -0.4 is 5.73 Å². The van der Waals surface area contributed by atoms with Gasteiger partial charge in [0.05, 0.1) is 11.4 Å². The highest BCUT2D eigenvalue weighted by Gasteiger charge is 2.26. The van der Waals surface area contributed by atoms with Crippen molar-refractivity contribution in [1.29, 1.82) is 5.26 Å². The van der Waals surface area contributed by atoms with Crippen molar-refractivity contribution in [1.82, 2.24) is 9.29 Å². The highest BCUT2D eigenvalue weighted by atomic mass is 32.1. The van der Waals surface area contributed by atoms with E-state index < -0.39 is 6.29 Å². The summed E-state index contributed by atoms with van der Waals surface area (Å²) in [7, 11) is 0. The molecule has 6 nitrogen and oxygen atoms in total. The lowest BCUT2D eigenvalue weighted by atomic mass is 10.2. The zero-order valence-electron chi connectivity index (χ0n) is 10.3. The molecule has 1 aliphatic rings. The molecule has 2 N–H and O–H groups in total. The molecule has 0 aromatic carbocycles. The fourth-order valence-electron chi connectivity index (χ4n) is 1.60. The summed E-state index contributed by atoms with van der Waals surface area (Å²) >= 11 is 4.20. The van der Waals surface area contributed by atoms with Crippen molar-refractivity contribution in [3.63, 3.8) is 0 Å². The molecule has 0 amide bonds. The van der Waals surface area contributed by atoms with E-state index in [2.05, 4.69) is 22.8 Å². The van der Waals surface area contributed by atoms with E-state index in [9.17, 15) is 0 Å². The number of rotatable bonds is 3. The Morgan fingerprint density at radius 3 is 3.00 bits per heavy atom. The molecule has 0 spiro atoms. The van der Waals surface area contributed by atoms with Crippen LogP contribution in [0.5, 0.6) is 0 Å². The van der Waals surface area contributed by atoms with Crippen molar-refractivity contribution in [3.05, 3.63) is 41.5 Å². The zero-order valence-corrected chi connectivity index (χ0v) is 11.2. The largest absolute Gasteiger partial charge is 0.471 e. The number of hydrogen-bond donors (Lipinski definition) is 2. The van der Waals surface area contributed by atoms with Gasteiger partial charge in [-0.15, -0.1) is 0 Å². The number of nitrogens with two attached hydrogens (primary N) is 1. The molecular weight excluding hydrogens is 262 g/mol. The van der Waals surface area contributed by atoms with Crippen molar-refractivity contribution in [3.8, 4) is 6.07 Å². The molecule has 1 aliphatic heterocycles. The maximum Gasteiger partial charge on any atom is 0.222 e. The van der Waals surface area contributed by atoms with Crippen LogP contribution in [-0.2, 0) is 11.3 Å². The van der Waals surface area contributed by atoms with Gasteiger partial charge in [0.25, 0.3) is 0 Å². The summed E-state index contributed by atoms with van der Waals surface area (Å²) in [5.41, 5.74) is 7.39. The quantitative estimate of drug-likeness (QED) is 0.809. The van der Waals surface area contributed by atoms with Gasteiger partial charge < -0.3 is 4.74 Å². The second-order valence-electron chi connectivity index (χ2n) is 3.87. The molecule has 7 heteroatoms. The van der Waals surface area contributed by atoms with Gasteiger partial charge >= 0.3 is 0 Å². The number of pyridine rings is 1. The first-order chi connectivity index (χ1) is 9.13. The minimum Gasteiger partial charge on any atom is -0.471 e. The van der Waals surface area contributed by atoms with E-state index >= 15 is 0 Å². The fourth-order valence-corrected chi connectivity index (χ4v) is 1.81. The van der Waals surface area contributed by atoms with Gasteiger partial charge in [0, 0.05) is 6.20 Å². The second-order valence-corrected chi connectivity index (χ2v) is 4.31. The first-order valence-electron chi connectivity index (χ1n) is 5.59. The Balaban J connectivity index is 2.21. The first-order valence-corrected chi connectivity index (χ1v) is 5.99. The van der Waals surface area contributed by atoms with Crippen LogP contribution in [0, 0.1) is 11.3 Å². The van der Waals surface area contributed by atoms with Crippen LogP contribution >= 0.6 is 12.8 Å². The van der Waals surface area contributed by atoms with Gasteiger partial charge in [0.15, 0.2) is 6.29 Å². The zero-order chi connectivity index (χ0) is 13.8. The average molecular weight is 275 g/mol. The summed E-state index contributed by atoms with van der Waals surface area (Å²) in [5.74, 6) is 0.302. The van der Waals surface area contributed by atoms with Crippen LogP contribution in [0.25, 0.3) is 0 Å².